The summed E-state index contributed by atoms with van der Waals surface area (Å²) in [5.41, 5.74) is 4.55. The number of hydrogen-bond acceptors (Lipinski definition) is 3. The zero-order valence-electron chi connectivity index (χ0n) is 15.8. The molecule has 3 nitrogen and oxygen atoms in total. The van der Waals surface area contributed by atoms with Gasteiger partial charge in [0.25, 0.3) is 0 Å². The van der Waals surface area contributed by atoms with E-state index < -0.39 is 0 Å². The Kier molecular flexibility index (Phi) is 6.51. The first kappa shape index (κ1) is 19.7. The fraction of sp³-hybridized carbons (Fsp3) is 0.125. The van der Waals surface area contributed by atoms with Crippen molar-refractivity contribution in [1.29, 1.82) is 0 Å². The lowest BCUT2D eigenvalue weighted by Gasteiger charge is -2.18. The molecule has 1 heterocycles. The number of benzene rings is 3. The molecule has 0 aromatic heterocycles. The maximum Gasteiger partial charge on any atom is 0.127 e. The number of benzodiazepines with no additional fused rings is 1. The first-order chi connectivity index (χ1) is 13.3. The zero-order valence-corrected chi connectivity index (χ0v) is 16.6. The number of halogens is 1. The van der Waals surface area contributed by atoms with Crippen molar-refractivity contribution in [2.45, 2.75) is 0 Å². The van der Waals surface area contributed by atoms with Gasteiger partial charge < -0.3 is 9.64 Å². The van der Waals surface area contributed by atoms with Crippen LogP contribution in [0.4, 0.5) is 5.69 Å². The fourth-order valence-electron chi connectivity index (χ4n) is 3.14. The maximum absolute atomic E-state index is 5.85. The van der Waals surface area contributed by atoms with Crippen LogP contribution in [-0.4, -0.2) is 25.8 Å². The molecule has 0 atom stereocenters. The zero-order chi connectivity index (χ0) is 18.5. The van der Waals surface area contributed by atoms with Crippen molar-refractivity contribution in [3.05, 3.63) is 96.1 Å². The van der Waals surface area contributed by atoms with Gasteiger partial charge in [0.05, 0.1) is 12.3 Å². The molecule has 28 heavy (non-hydrogen) atoms. The molecule has 0 saturated carbocycles. The van der Waals surface area contributed by atoms with Gasteiger partial charge in [0.15, 0.2) is 0 Å². The Morgan fingerprint density at radius 3 is 2.29 bits per heavy atom. The topological polar surface area (TPSA) is 24.8 Å². The summed E-state index contributed by atoms with van der Waals surface area (Å²) in [4.78, 5) is 7.03. The molecular weight excluding hydrogens is 368 g/mol. The van der Waals surface area contributed by atoms with Crippen LogP contribution in [0, 0.1) is 0 Å². The highest BCUT2D eigenvalue weighted by molar-refractivity contribution is 6.14. The number of para-hydroxylation sites is 2. The molecule has 0 saturated heterocycles. The van der Waals surface area contributed by atoms with Crippen LogP contribution < -0.4 is 9.64 Å². The van der Waals surface area contributed by atoms with Crippen molar-refractivity contribution in [3.63, 3.8) is 0 Å². The Labute approximate surface area is 172 Å². The smallest absolute Gasteiger partial charge is 0.127 e. The normalized spacial score (nSPS) is 13.3. The van der Waals surface area contributed by atoms with E-state index in [0.29, 0.717) is 0 Å². The molecule has 4 rings (SSSR count). The van der Waals surface area contributed by atoms with Crippen LogP contribution in [0.1, 0.15) is 11.1 Å². The van der Waals surface area contributed by atoms with Gasteiger partial charge in [0.2, 0.25) is 0 Å². The second-order valence-corrected chi connectivity index (χ2v) is 6.52. The lowest BCUT2D eigenvalue weighted by atomic mass is 10.1. The van der Waals surface area contributed by atoms with E-state index in [9.17, 15) is 0 Å². The van der Waals surface area contributed by atoms with Gasteiger partial charge in [-0.05, 0) is 42.0 Å². The number of rotatable bonds is 4. The fourth-order valence-corrected chi connectivity index (χ4v) is 3.14. The number of anilines is 1. The van der Waals surface area contributed by atoms with Gasteiger partial charge >= 0.3 is 0 Å². The quantitative estimate of drug-likeness (QED) is 0.558. The molecule has 4 heteroatoms. The second-order valence-electron chi connectivity index (χ2n) is 6.52. The molecule has 3 aromatic carbocycles. The Morgan fingerprint density at radius 2 is 1.50 bits per heavy atom. The number of likely N-dealkylation sites (N-methyl/N-ethyl adjacent to an activating group) is 1. The summed E-state index contributed by atoms with van der Waals surface area (Å²) in [5.74, 6) is 1.67. The first-order valence-corrected chi connectivity index (χ1v) is 9.16. The van der Waals surface area contributed by atoms with Crippen molar-refractivity contribution in [1.82, 2.24) is 0 Å². The molecule has 0 aliphatic carbocycles. The summed E-state index contributed by atoms with van der Waals surface area (Å²) in [6, 6.07) is 26.3. The van der Waals surface area contributed by atoms with Crippen LogP contribution in [-0.2, 0) is 0 Å². The van der Waals surface area contributed by atoms with Crippen LogP contribution in [0.25, 0.3) is 6.08 Å². The summed E-state index contributed by atoms with van der Waals surface area (Å²) in [7, 11) is 2.12. The molecule has 1 aliphatic rings. The van der Waals surface area contributed by atoms with Crippen molar-refractivity contribution in [3.8, 4) is 11.5 Å². The third-order valence-corrected chi connectivity index (χ3v) is 4.60. The lowest BCUT2D eigenvalue weighted by Crippen LogP contribution is -2.20. The van der Waals surface area contributed by atoms with Crippen LogP contribution in [0.3, 0.4) is 0 Å². The number of nitrogens with zero attached hydrogens (tertiary/aromatic N) is 2. The molecular formula is C24H23ClN2O. The Morgan fingerprint density at radius 1 is 0.821 bits per heavy atom. The standard InChI is InChI=1S/C24H22N2O.ClH/c1-26-18-17-25-23(22-9-5-6-10-24(22)26)16-13-19-11-14-21(15-12-19)27-20-7-3-2-4-8-20;/h2-16H,17-18H2,1H3;1H. The predicted molar refractivity (Wildman–Crippen MR) is 120 cm³/mol. The van der Waals surface area contributed by atoms with E-state index in [1.807, 2.05) is 42.5 Å². The van der Waals surface area contributed by atoms with E-state index in [1.54, 1.807) is 0 Å². The van der Waals surface area contributed by atoms with E-state index in [1.165, 1.54) is 11.3 Å². The molecule has 3 aromatic rings. The summed E-state index contributed by atoms with van der Waals surface area (Å²) >= 11 is 0. The van der Waals surface area contributed by atoms with Gasteiger partial charge in [-0.3, -0.25) is 4.99 Å². The molecule has 0 N–H and O–H groups in total. The van der Waals surface area contributed by atoms with E-state index in [0.717, 1.165) is 35.9 Å². The van der Waals surface area contributed by atoms with Crippen LogP contribution >= 0.6 is 12.4 Å². The monoisotopic (exact) mass is 390 g/mol. The third-order valence-electron chi connectivity index (χ3n) is 4.60. The first-order valence-electron chi connectivity index (χ1n) is 9.16. The molecule has 0 spiro atoms. The number of aliphatic imine (C=N–C) groups is 1. The van der Waals surface area contributed by atoms with E-state index in [-0.39, 0.29) is 12.4 Å². The van der Waals surface area contributed by atoms with Crippen LogP contribution in [0.2, 0.25) is 0 Å². The number of hydrogen-bond donors (Lipinski definition) is 0. The van der Waals surface area contributed by atoms with E-state index >= 15 is 0 Å². The summed E-state index contributed by atoms with van der Waals surface area (Å²) in [6.45, 7) is 1.73. The highest BCUT2D eigenvalue weighted by Crippen LogP contribution is 2.24. The lowest BCUT2D eigenvalue weighted by molar-refractivity contribution is 0.482. The Balaban J connectivity index is 0.00000225. The summed E-state index contributed by atoms with van der Waals surface area (Å²) < 4.78 is 5.85. The van der Waals surface area contributed by atoms with E-state index in [2.05, 4.69) is 60.5 Å². The van der Waals surface area contributed by atoms with Gasteiger partial charge in [-0.25, -0.2) is 0 Å². The SMILES string of the molecule is CN1CCN=C(C=Cc2ccc(Oc3ccccc3)cc2)c2ccccc21.Cl. The largest absolute Gasteiger partial charge is 0.457 e. The molecule has 0 unspecified atom stereocenters. The minimum absolute atomic E-state index is 0. The van der Waals surface area contributed by atoms with Crippen molar-refractivity contribution >= 4 is 29.9 Å². The highest BCUT2D eigenvalue weighted by atomic mass is 35.5. The summed E-state index contributed by atoms with van der Waals surface area (Å²) in [6.07, 6.45) is 4.21. The van der Waals surface area contributed by atoms with Crippen molar-refractivity contribution in [2.75, 3.05) is 25.0 Å². The number of ether oxygens (including phenoxy) is 1. The number of fused-ring (bicyclic) bond motifs is 1. The average Bonchev–Trinajstić information content (AvgIpc) is 2.87. The average molecular weight is 391 g/mol. The Hall–Kier alpha value is -3.04. The maximum atomic E-state index is 5.85. The van der Waals surface area contributed by atoms with E-state index in [4.69, 9.17) is 9.73 Å². The minimum atomic E-state index is 0. The Bertz CT molecular complexity index is 965. The second kappa shape index (κ2) is 9.25. The van der Waals surface area contributed by atoms with Crippen LogP contribution in [0.15, 0.2) is 89.9 Å². The van der Waals surface area contributed by atoms with Gasteiger partial charge in [-0.1, -0.05) is 54.6 Å². The van der Waals surface area contributed by atoms with Crippen LogP contribution in [0.5, 0.6) is 11.5 Å². The predicted octanol–water partition coefficient (Wildman–Crippen LogP) is 5.85. The molecule has 0 amide bonds. The van der Waals surface area contributed by atoms with Gasteiger partial charge in [0.1, 0.15) is 11.5 Å². The summed E-state index contributed by atoms with van der Waals surface area (Å²) in [5, 5.41) is 0. The molecule has 0 radical (unpaired) electrons. The molecule has 0 bridgehead atoms. The molecule has 142 valence electrons. The van der Waals surface area contributed by atoms with Gasteiger partial charge in [0, 0.05) is 24.8 Å². The molecule has 1 aliphatic heterocycles. The molecule has 0 fully saturated rings. The van der Waals surface area contributed by atoms with Gasteiger partial charge in [-0.2, -0.15) is 0 Å². The van der Waals surface area contributed by atoms with Crippen molar-refractivity contribution < 1.29 is 4.74 Å². The number of allylic oxidation sites excluding steroid dienone is 1. The minimum Gasteiger partial charge on any atom is -0.457 e. The van der Waals surface area contributed by atoms with Gasteiger partial charge in [-0.15, -0.1) is 12.4 Å². The third kappa shape index (κ3) is 4.62. The highest BCUT2D eigenvalue weighted by Gasteiger charge is 2.13. The van der Waals surface area contributed by atoms with Crippen molar-refractivity contribution in [2.24, 2.45) is 4.99 Å².